The number of aliphatic hydroxyl groups is 1. The lowest BCUT2D eigenvalue weighted by atomic mass is 9.80. The highest BCUT2D eigenvalue weighted by molar-refractivity contribution is 7.82. The fourth-order valence-electron chi connectivity index (χ4n) is 4.40. The molecule has 2 heterocycles. The SMILES string of the molecule is Cc1cccc(C(=O)NCC(=O)NC2CN([C@H]3CC[C@@](O)(c4cnc(S)s4)CC3)C2)c1. The first-order valence-corrected chi connectivity index (χ1v) is 11.8. The second kappa shape index (κ2) is 9.28. The molecule has 0 unspecified atom stereocenters. The zero-order chi connectivity index (χ0) is 22.0. The first-order valence-electron chi connectivity index (χ1n) is 10.6. The molecule has 31 heavy (non-hydrogen) atoms. The fourth-order valence-corrected chi connectivity index (χ4v) is 5.56. The lowest BCUT2D eigenvalue weighted by molar-refractivity contribution is -0.122. The van der Waals surface area contributed by atoms with Gasteiger partial charge in [0.1, 0.15) is 9.94 Å². The molecule has 1 saturated heterocycles. The second-order valence-corrected chi connectivity index (χ2v) is 10.3. The number of thiol groups is 1. The van der Waals surface area contributed by atoms with Crippen molar-refractivity contribution in [3.63, 3.8) is 0 Å². The lowest BCUT2D eigenvalue weighted by Gasteiger charge is -2.48. The van der Waals surface area contributed by atoms with E-state index in [0.717, 1.165) is 36.4 Å². The minimum absolute atomic E-state index is 0.0261. The van der Waals surface area contributed by atoms with Crippen LogP contribution in [-0.2, 0) is 10.4 Å². The Labute approximate surface area is 191 Å². The number of nitrogens with one attached hydrogen (secondary N) is 2. The van der Waals surface area contributed by atoms with E-state index in [1.807, 2.05) is 19.1 Å². The first kappa shape index (κ1) is 22.3. The van der Waals surface area contributed by atoms with E-state index >= 15 is 0 Å². The number of thiazole rings is 1. The number of benzene rings is 1. The summed E-state index contributed by atoms with van der Waals surface area (Å²) < 4.78 is 0.682. The van der Waals surface area contributed by atoms with Crippen LogP contribution in [0.5, 0.6) is 0 Å². The van der Waals surface area contributed by atoms with Crippen molar-refractivity contribution in [3.8, 4) is 0 Å². The van der Waals surface area contributed by atoms with Crippen LogP contribution in [-0.4, -0.2) is 58.5 Å². The van der Waals surface area contributed by atoms with Gasteiger partial charge >= 0.3 is 0 Å². The van der Waals surface area contributed by atoms with Crippen molar-refractivity contribution in [1.29, 1.82) is 0 Å². The largest absolute Gasteiger partial charge is 0.384 e. The molecule has 0 spiro atoms. The van der Waals surface area contributed by atoms with Gasteiger partial charge in [0.15, 0.2) is 0 Å². The van der Waals surface area contributed by atoms with Gasteiger partial charge in [0, 0.05) is 30.9 Å². The predicted octanol–water partition coefficient (Wildman–Crippen LogP) is 2.10. The Bertz CT molecular complexity index is 950. The molecule has 1 aromatic carbocycles. The van der Waals surface area contributed by atoms with Crippen molar-refractivity contribution in [3.05, 3.63) is 46.5 Å². The number of amides is 2. The molecule has 166 valence electrons. The summed E-state index contributed by atoms with van der Waals surface area (Å²) >= 11 is 5.70. The topological polar surface area (TPSA) is 94.6 Å². The van der Waals surface area contributed by atoms with Crippen molar-refractivity contribution in [2.24, 2.45) is 0 Å². The van der Waals surface area contributed by atoms with Crippen molar-refractivity contribution in [2.45, 2.75) is 54.6 Å². The smallest absolute Gasteiger partial charge is 0.251 e. The summed E-state index contributed by atoms with van der Waals surface area (Å²) in [6.07, 6.45) is 5.00. The fraction of sp³-hybridized carbons (Fsp3) is 0.500. The molecule has 2 aromatic rings. The van der Waals surface area contributed by atoms with E-state index in [-0.39, 0.29) is 24.4 Å². The molecule has 0 atom stereocenters. The number of carbonyl (C=O) groups excluding carboxylic acids is 2. The Morgan fingerprint density at radius 1 is 1.32 bits per heavy atom. The molecular weight excluding hydrogens is 432 g/mol. The molecule has 4 rings (SSSR count). The molecule has 1 aliphatic heterocycles. The Morgan fingerprint density at radius 3 is 2.71 bits per heavy atom. The predicted molar refractivity (Wildman–Crippen MR) is 123 cm³/mol. The monoisotopic (exact) mass is 460 g/mol. The number of aromatic nitrogens is 1. The number of hydrogen-bond acceptors (Lipinski definition) is 7. The zero-order valence-electron chi connectivity index (χ0n) is 17.5. The normalized spacial score (nSPS) is 24.4. The number of aryl methyl sites for hydroxylation is 1. The third kappa shape index (κ3) is 5.28. The van der Waals surface area contributed by atoms with E-state index in [1.54, 1.807) is 18.3 Å². The molecule has 9 heteroatoms. The van der Waals surface area contributed by atoms with Gasteiger partial charge in [-0.25, -0.2) is 4.98 Å². The Balaban J connectivity index is 1.16. The molecule has 2 aliphatic rings. The zero-order valence-corrected chi connectivity index (χ0v) is 19.2. The molecular formula is C22H28N4O3S2. The van der Waals surface area contributed by atoms with Crippen molar-refractivity contribution >= 4 is 35.8 Å². The highest BCUT2D eigenvalue weighted by atomic mass is 32.2. The summed E-state index contributed by atoms with van der Waals surface area (Å²) in [7, 11) is 0. The molecule has 1 saturated carbocycles. The van der Waals surface area contributed by atoms with Crippen LogP contribution in [0.15, 0.2) is 34.8 Å². The molecule has 2 amide bonds. The first-order chi connectivity index (χ1) is 14.8. The number of nitrogens with zero attached hydrogens (tertiary/aromatic N) is 2. The van der Waals surface area contributed by atoms with Gasteiger partial charge in [-0.15, -0.1) is 24.0 Å². The number of hydrogen-bond donors (Lipinski definition) is 4. The van der Waals surface area contributed by atoms with Gasteiger partial charge in [-0.3, -0.25) is 14.5 Å². The average molecular weight is 461 g/mol. The van der Waals surface area contributed by atoms with Crippen LogP contribution in [0.25, 0.3) is 0 Å². The average Bonchev–Trinajstić information content (AvgIpc) is 3.17. The van der Waals surface area contributed by atoms with E-state index in [2.05, 4.69) is 33.1 Å². The highest BCUT2D eigenvalue weighted by Crippen LogP contribution is 2.41. The molecule has 0 radical (unpaired) electrons. The summed E-state index contributed by atoms with van der Waals surface area (Å²) in [6.45, 7) is 3.52. The quantitative estimate of drug-likeness (QED) is 0.496. The van der Waals surface area contributed by atoms with Crippen LogP contribution in [0.4, 0.5) is 0 Å². The molecule has 0 bridgehead atoms. The Kier molecular flexibility index (Phi) is 6.66. The maximum absolute atomic E-state index is 12.2. The maximum atomic E-state index is 12.2. The van der Waals surface area contributed by atoms with Gasteiger partial charge in [-0.2, -0.15) is 0 Å². The van der Waals surface area contributed by atoms with Crippen molar-refractivity contribution in [1.82, 2.24) is 20.5 Å². The van der Waals surface area contributed by atoms with Crippen molar-refractivity contribution < 1.29 is 14.7 Å². The lowest BCUT2D eigenvalue weighted by Crippen LogP contribution is -2.63. The van der Waals surface area contributed by atoms with E-state index in [0.29, 0.717) is 28.8 Å². The number of carbonyl (C=O) groups is 2. The second-order valence-electron chi connectivity index (χ2n) is 8.54. The molecule has 2 fully saturated rings. The maximum Gasteiger partial charge on any atom is 0.251 e. The Hall–Kier alpha value is -1.94. The minimum Gasteiger partial charge on any atom is -0.384 e. The number of likely N-dealkylation sites (tertiary alicyclic amines) is 1. The van der Waals surface area contributed by atoms with Gasteiger partial charge < -0.3 is 15.7 Å². The van der Waals surface area contributed by atoms with Gasteiger partial charge in [0.25, 0.3) is 5.91 Å². The van der Waals surface area contributed by atoms with E-state index in [1.165, 1.54) is 11.3 Å². The standard InChI is InChI=1S/C22H28N4O3S2/c1-14-3-2-4-15(9-14)20(28)23-11-19(27)25-16-12-26(13-16)17-5-7-22(29,8-6-17)18-10-24-21(30)31-18/h2-4,9-10,16-17,29H,5-8,11-13H2,1H3,(H,23,28)(H,24,30)(H,25,27)/t17-,22-. The third-order valence-corrected chi connectivity index (χ3v) is 7.60. The summed E-state index contributed by atoms with van der Waals surface area (Å²) in [6, 6.07) is 7.83. The van der Waals surface area contributed by atoms with Gasteiger partial charge in [0.2, 0.25) is 5.91 Å². The minimum atomic E-state index is -0.789. The van der Waals surface area contributed by atoms with Crippen LogP contribution in [0.2, 0.25) is 0 Å². The van der Waals surface area contributed by atoms with E-state index < -0.39 is 5.60 Å². The van der Waals surface area contributed by atoms with Crippen LogP contribution < -0.4 is 10.6 Å². The van der Waals surface area contributed by atoms with E-state index in [4.69, 9.17) is 0 Å². The van der Waals surface area contributed by atoms with Crippen LogP contribution >= 0.6 is 24.0 Å². The summed E-state index contributed by atoms with van der Waals surface area (Å²) in [4.78, 5) is 31.8. The molecule has 1 aromatic heterocycles. The van der Waals surface area contributed by atoms with Crippen LogP contribution in [0.3, 0.4) is 0 Å². The molecule has 7 nitrogen and oxygen atoms in total. The van der Waals surface area contributed by atoms with E-state index in [9.17, 15) is 14.7 Å². The van der Waals surface area contributed by atoms with Gasteiger partial charge in [-0.05, 0) is 44.7 Å². The summed E-state index contributed by atoms with van der Waals surface area (Å²) in [5, 5.41) is 16.6. The Morgan fingerprint density at radius 2 is 2.06 bits per heavy atom. The number of rotatable bonds is 6. The molecule has 1 aliphatic carbocycles. The summed E-state index contributed by atoms with van der Waals surface area (Å²) in [5.74, 6) is -0.411. The van der Waals surface area contributed by atoms with Crippen LogP contribution in [0, 0.1) is 6.92 Å². The van der Waals surface area contributed by atoms with Crippen molar-refractivity contribution in [2.75, 3.05) is 19.6 Å². The molecule has 3 N–H and O–H groups in total. The third-order valence-electron chi connectivity index (χ3n) is 6.22. The summed E-state index contributed by atoms with van der Waals surface area (Å²) in [5.41, 5.74) is 0.776. The van der Waals surface area contributed by atoms with Gasteiger partial charge in [-0.1, -0.05) is 17.7 Å². The van der Waals surface area contributed by atoms with Gasteiger partial charge in [0.05, 0.1) is 17.5 Å². The highest BCUT2D eigenvalue weighted by Gasteiger charge is 2.41. The van der Waals surface area contributed by atoms with Crippen LogP contribution in [0.1, 0.15) is 46.5 Å².